The quantitative estimate of drug-likeness (QED) is 0.596. The van der Waals surface area contributed by atoms with Crippen LogP contribution in [0.1, 0.15) is 26.2 Å². The second kappa shape index (κ2) is 6.14. The summed E-state index contributed by atoms with van der Waals surface area (Å²) in [6, 6.07) is 2.31. The third-order valence-corrected chi connectivity index (χ3v) is 3.05. The lowest BCUT2D eigenvalue weighted by Gasteiger charge is -2.22. The molecule has 0 spiro atoms. The second-order valence-corrected chi connectivity index (χ2v) is 4.51. The van der Waals surface area contributed by atoms with Crippen molar-refractivity contribution in [1.82, 2.24) is 9.97 Å². The molecule has 0 radical (unpaired) electrons. The molecule has 0 atom stereocenters. The van der Waals surface area contributed by atoms with Crippen molar-refractivity contribution in [2.75, 3.05) is 23.3 Å². The van der Waals surface area contributed by atoms with Gasteiger partial charge in [0.1, 0.15) is 6.33 Å². The fraction of sp³-hybridized carbons (Fsp3) is 0.583. The molecule has 1 aromatic heterocycles. The molecule has 1 heterocycles. The summed E-state index contributed by atoms with van der Waals surface area (Å²) in [4.78, 5) is 20.7. The Hall–Kier alpha value is -2.43. The molecule has 20 heavy (non-hydrogen) atoms. The fourth-order valence-corrected chi connectivity index (χ4v) is 2.06. The van der Waals surface area contributed by atoms with Crippen molar-refractivity contribution >= 4 is 17.3 Å². The Labute approximate surface area is 116 Å². The highest BCUT2D eigenvalue weighted by Gasteiger charge is 2.35. The molecular weight excluding hydrogens is 260 g/mol. The minimum absolute atomic E-state index is 0.112. The summed E-state index contributed by atoms with van der Waals surface area (Å²) in [5.74, 6) is 0.531. The van der Waals surface area contributed by atoms with Gasteiger partial charge in [0.15, 0.2) is 0 Å². The average molecular weight is 276 g/mol. The minimum Gasteiger partial charge on any atom is -0.364 e. The van der Waals surface area contributed by atoms with Gasteiger partial charge in [-0.05, 0) is 19.8 Å². The van der Waals surface area contributed by atoms with Gasteiger partial charge >= 0.3 is 5.69 Å². The predicted molar refractivity (Wildman–Crippen MR) is 73.4 cm³/mol. The SMILES string of the molecule is CCNc1ncnc(N(CCC#N)C2CC2)c1[N+](=O)[O-]. The van der Waals surface area contributed by atoms with E-state index in [0.29, 0.717) is 25.3 Å². The number of nitro groups is 1. The van der Waals surface area contributed by atoms with Crippen LogP contribution >= 0.6 is 0 Å². The standard InChI is InChI=1S/C12H16N6O2/c1-2-14-11-10(18(19)20)12(16-8-15-11)17(7-3-6-13)9-4-5-9/h8-9H,2-5,7H2,1H3,(H,14,15,16). The highest BCUT2D eigenvalue weighted by atomic mass is 16.6. The Morgan fingerprint density at radius 3 is 2.90 bits per heavy atom. The van der Waals surface area contributed by atoms with Crippen LogP contribution in [0.15, 0.2) is 6.33 Å². The van der Waals surface area contributed by atoms with Crippen molar-refractivity contribution < 1.29 is 4.92 Å². The first kappa shape index (κ1) is 14.0. The summed E-state index contributed by atoms with van der Waals surface area (Å²) in [6.07, 6.45) is 3.59. The van der Waals surface area contributed by atoms with E-state index in [1.54, 1.807) is 0 Å². The number of aromatic nitrogens is 2. The van der Waals surface area contributed by atoms with Crippen molar-refractivity contribution in [1.29, 1.82) is 5.26 Å². The number of nitriles is 1. The molecule has 0 aliphatic heterocycles. The summed E-state index contributed by atoms with van der Waals surface area (Å²) >= 11 is 0. The van der Waals surface area contributed by atoms with Gasteiger partial charge in [-0.2, -0.15) is 5.26 Å². The maximum Gasteiger partial charge on any atom is 0.353 e. The Morgan fingerprint density at radius 2 is 2.35 bits per heavy atom. The first-order valence-electron chi connectivity index (χ1n) is 6.55. The van der Waals surface area contributed by atoms with Gasteiger partial charge in [-0.25, -0.2) is 9.97 Å². The molecular formula is C12H16N6O2. The van der Waals surface area contributed by atoms with Gasteiger partial charge in [0.25, 0.3) is 0 Å². The molecule has 1 saturated carbocycles. The van der Waals surface area contributed by atoms with E-state index < -0.39 is 4.92 Å². The van der Waals surface area contributed by atoms with Gasteiger partial charge in [0, 0.05) is 19.1 Å². The Bertz CT molecular complexity index is 537. The van der Waals surface area contributed by atoms with Gasteiger partial charge in [-0.15, -0.1) is 0 Å². The summed E-state index contributed by atoms with van der Waals surface area (Å²) in [5, 5.41) is 22.9. The topological polar surface area (TPSA) is 108 Å². The van der Waals surface area contributed by atoms with E-state index >= 15 is 0 Å². The number of hydrogen-bond donors (Lipinski definition) is 1. The van der Waals surface area contributed by atoms with E-state index in [0.717, 1.165) is 12.8 Å². The third-order valence-electron chi connectivity index (χ3n) is 3.05. The predicted octanol–water partition coefficient (Wildman–Crippen LogP) is 1.70. The molecule has 0 aromatic carbocycles. The summed E-state index contributed by atoms with van der Waals surface area (Å²) in [6.45, 7) is 2.84. The lowest BCUT2D eigenvalue weighted by Crippen LogP contribution is -2.28. The number of nitrogens with zero attached hydrogens (tertiary/aromatic N) is 5. The molecule has 2 rings (SSSR count). The number of hydrogen-bond acceptors (Lipinski definition) is 7. The monoisotopic (exact) mass is 276 g/mol. The molecule has 8 heteroatoms. The van der Waals surface area contributed by atoms with Gasteiger partial charge in [0.05, 0.1) is 17.4 Å². The molecule has 1 fully saturated rings. The Kier molecular flexibility index (Phi) is 4.30. The minimum atomic E-state index is -0.463. The number of rotatable bonds is 7. The van der Waals surface area contributed by atoms with Crippen molar-refractivity contribution in [2.24, 2.45) is 0 Å². The van der Waals surface area contributed by atoms with E-state index in [2.05, 4.69) is 21.4 Å². The zero-order valence-corrected chi connectivity index (χ0v) is 11.2. The maximum absolute atomic E-state index is 11.3. The lowest BCUT2D eigenvalue weighted by atomic mass is 10.3. The van der Waals surface area contributed by atoms with Gasteiger partial charge in [-0.3, -0.25) is 10.1 Å². The zero-order chi connectivity index (χ0) is 14.5. The van der Waals surface area contributed by atoms with E-state index in [-0.39, 0.29) is 17.5 Å². The van der Waals surface area contributed by atoms with Crippen molar-refractivity contribution in [3.8, 4) is 6.07 Å². The van der Waals surface area contributed by atoms with Crippen LogP contribution in [0, 0.1) is 21.4 Å². The van der Waals surface area contributed by atoms with Crippen LogP contribution in [0.3, 0.4) is 0 Å². The van der Waals surface area contributed by atoms with Crippen LogP contribution in [-0.4, -0.2) is 34.0 Å². The Balaban J connectivity index is 2.39. The Morgan fingerprint density at radius 1 is 1.60 bits per heavy atom. The molecule has 106 valence electrons. The van der Waals surface area contributed by atoms with Crippen LogP contribution in [0.4, 0.5) is 17.3 Å². The zero-order valence-electron chi connectivity index (χ0n) is 11.2. The van der Waals surface area contributed by atoms with Crippen LogP contribution in [0.2, 0.25) is 0 Å². The largest absolute Gasteiger partial charge is 0.364 e. The average Bonchev–Trinajstić information content (AvgIpc) is 3.24. The van der Waals surface area contributed by atoms with Crippen molar-refractivity contribution in [3.63, 3.8) is 0 Å². The molecule has 1 aliphatic carbocycles. The van der Waals surface area contributed by atoms with E-state index in [4.69, 9.17) is 5.26 Å². The summed E-state index contributed by atoms with van der Waals surface area (Å²) < 4.78 is 0. The highest BCUT2D eigenvalue weighted by Crippen LogP contribution is 2.38. The van der Waals surface area contributed by atoms with Gasteiger partial charge in [-0.1, -0.05) is 0 Å². The molecule has 1 aliphatic rings. The lowest BCUT2D eigenvalue weighted by molar-refractivity contribution is -0.383. The molecule has 0 unspecified atom stereocenters. The smallest absolute Gasteiger partial charge is 0.353 e. The molecule has 8 nitrogen and oxygen atoms in total. The normalized spacial score (nSPS) is 13.6. The number of nitrogens with one attached hydrogen (secondary N) is 1. The van der Waals surface area contributed by atoms with Gasteiger partial charge in [0.2, 0.25) is 11.6 Å². The third kappa shape index (κ3) is 2.93. The fourth-order valence-electron chi connectivity index (χ4n) is 2.06. The van der Waals surface area contributed by atoms with Gasteiger partial charge < -0.3 is 10.2 Å². The van der Waals surface area contributed by atoms with E-state index in [1.807, 2.05) is 11.8 Å². The molecule has 0 amide bonds. The summed E-state index contributed by atoms with van der Waals surface area (Å²) in [7, 11) is 0. The second-order valence-electron chi connectivity index (χ2n) is 4.51. The van der Waals surface area contributed by atoms with Crippen LogP contribution in [0.25, 0.3) is 0 Å². The molecule has 1 aromatic rings. The first-order valence-corrected chi connectivity index (χ1v) is 6.55. The van der Waals surface area contributed by atoms with Crippen LogP contribution in [-0.2, 0) is 0 Å². The number of anilines is 2. The van der Waals surface area contributed by atoms with Crippen LogP contribution < -0.4 is 10.2 Å². The maximum atomic E-state index is 11.3. The highest BCUT2D eigenvalue weighted by molar-refractivity contribution is 5.70. The van der Waals surface area contributed by atoms with E-state index in [1.165, 1.54) is 6.33 Å². The van der Waals surface area contributed by atoms with Crippen molar-refractivity contribution in [3.05, 3.63) is 16.4 Å². The van der Waals surface area contributed by atoms with Crippen molar-refractivity contribution in [2.45, 2.75) is 32.2 Å². The molecule has 0 saturated heterocycles. The molecule has 0 bridgehead atoms. The van der Waals surface area contributed by atoms with Crippen LogP contribution in [0.5, 0.6) is 0 Å². The summed E-state index contributed by atoms with van der Waals surface area (Å²) in [5.41, 5.74) is -0.112. The first-order chi connectivity index (χ1) is 9.69. The molecule has 1 N–H and O–H groups in total. The van der Waals surface area contributed by atoms with E-state index in [9.17, 15) is 10.1 Å².